The molecule has 1 atom stereocenters. The molecule has 1 N–H and O–H groups in total. The lowest BCUT2D eigenvalue weighted by atomic mass is 10.0. The molecule has 1 unspecified atom stereocenters. The Morgan fingerprint density at radius 1 is 1.08 bits per heavy atom. The van der Waals surface area contributed by atoms with Crippen LogP contribution in [0.25, 0.3) is 0 Å². The molecule has 0 radical (unpaired) electrons. The Balaban J connectivity index is 1.75. The van der Waals surface area contributed by atoms with Crippen molar-refractivity contribution < 1.29 is 19.0 Å². The van der Waals surface area contributed by atoms with Crippen molar-refractivity contribution in [3.05, 3.63) is 59.9 Å². The number of anilines is 1. The molecule has 0 saturated carbocycles. The Morgan fingerprint density at radius 2 is 1.72 bits per heavy atom. The van der Waals surface area contributed by atoms with Crippen LogP contribution < -0.4 is 4.90 Å². The van der Waals surface area contributed by atoms with Crippen molar-refractivity contribution in [3.8, 4) is 5.75 Å². The highest BCUT2D eigenvalue weighted by Crippen LogP contribution is 2.27. The fourth-order valence-corrected chi connectivity index (χ4v) is 3.18. The minimum Gasteiger partial charge on any atom is -0.508 e. The van der Waals surface area contributed by atoms with Crippen LogP contribution in [0.15, 0.2) is 48.5 Å². The van der Waals surface area contributed by atoms with Gasteiger partial charge in [-0.2, -0.15) is 0 Å². The molecule has 0 amide bonds. The monoisotopic (exact) mass is 344 g/mol. The maximum atomic E-state index is 14.2. The number of phenols is 1. The van der Waals surface area contributed by atoms with E-state index in [9.17, 15) is 14.3 Å². The Labute approximate surface area is 146 Å². The number of halogens is 1. The van der Waals surface area contributed by atoms with Gasteiger partial charge in [0.15, 0.2) is 0 Å². The molecule has 1 saturated heterocycles. The summed E-state index contributed by atoms with van der Waals surface area (Å²) in [5.74, 6) is -0.630. The van der Waals surface area contributed by atoms with E-state index in [1.54, 1.807) is 30.3 Å². The molecule has 1 fully saturated rings. The molecule has 0 aromatic heterocycles. The van der Waals surface area contributed by atoms with Gasteiger partial charge in [-0.25, -0.2) is 9.18 Å². The number of carbonyl (C=O) groups excluding carboxylic acids is 1. The molecular weight excluding hydrogens is 323 g/mol. The quantitative estimate of drug-likeness (QED) is 0.864. The zero-order valence-corrected chi connectivity index (χ0v) is 14.1. The number of hydrogen-bond donors (Lipinski definition) is 1. The Hall–Kier alpha value is -2.60. The molecule has 1 heterocycles. The second-order valence-corrected chi connectivity index (χ2v) is 5.99. The number of phenolic OH excluding ortho intramolecular Hbond substituents is 1. The van der Waals surface area contributed by atoms with Crippen molar-refractivity contribution in [1.82, 2.24) is 4.90 Å². The molecule has 6 heteroatoms. The van der Waals surface area contributed by atoms with Crippen LogP contribution >= 0.6 is 0 Å². The number of methoxy groups -OCH3 is 1. The van der Waals surface area contributed by atoms with E-state index in [1.807, 2.05) is 17.0 Å². The summed E-state index contributed by atoms with van der Waals surface area (Å²) in [6, 6.07) is 12.6. The summed E-state index contributed by atoms with van der Waals surface area (Å²) in [5, 5.41) is 9.40. The molecule has 2 aromatic rings. The largest absolute Gasteiger partial charge is 0.508 e. The van der Waals surface area contributed by atoms with E-state index < -0.39 is 17.8 Å². The van der Waals surface area contributed by atoms with Gasteiger partial charge < -0.3 is 14.7 Å². The second-order valence-electron chi connectivity index (χ2n) is 5.99. The lowest BCUT2D eigenvalue weighted by molar-refractivity contribution is -0.147. The Kier molecular flexibility index (Phi) is 5.19. The lowest BCUT2D eigenvalue weighted by Crippen LogP contribution is -2.49. The first-order valence-corrected chi connectivity index (χ1v) is 8.20. The fourth-order valence-electron chi connectivity index (χ4n) is 3.18. The number of hydrogen-bond acceptors (Lipinski definition) is 5. The van der Waals surface area contributed by atoms with Crippen LogP contribution in [0.2, 0.25) is 0 Å². The highest BCUT2D eigenvalue weighted by Gasteiger charge is 2.33. The van der Waals surface area contributed by atoms with Gasteiger partial charge in [-0.1, -0.05) is 18.2 Å². The van der Waals surface area contributed by atoms with Crippen molar-refractivity contribution >= 4 is 11.7 Å². The smallest absolute Gasteiger partial charge is 0.327 e. The third-order valence-corrected chi connectivity index (χ3v) is 4.52. The summed E-state index contributed by atoms with van der Waals surface area (Å²) < 4.78 is 19.1. The maximum Gasteiger partial charge on any atom is 0.327 e. The highest BCUT2D eigenvalue weighted by atomic mass is 19.1. The second kappa shape index (κ2) is 7.53. The zero-order chi connectivity index (χ0) is 17.8. The number of piperazine rings is 1. The molecule has 0 spiro atoms. The van der Waals surface area contributed by atoms with Gasteiger partial charge >= 0.3 is 5.97 Å². The topological polar surface area (TPSA) is 53.0 Å². The summed E-state index contributed by atoms with van der Waals surface area (Å²) in [4.78, 5) is 16.4. The van der Waals surface area contributed by atoms with Gasteiger partial charge in [-0.15, -0.1) is 0 Å². The van der Waals surface area contributed by atoms with Gasteiger partial charge in [-0.05, 0) is 30.3 Å². The normalized spacial score (nSPS) is 16.5. The predicted octanol–water partition coefficient (Wildman–Crippen LogP) is 2.57. The van der Waals surface area contributed by atoms with Crippen LogP contribution in [0.1, 0.15) is 11.6 Å². The van der Waals surface area contributed by atoms with Gasteiger partial charge in [0.25, 0.3) is 0 Å². The average Bonchev–Trinajstić information content (AvgIpc) is 2.64. The molecule has 1 aliphatic rings. The van der Waals surface area contributed by atoms with Crippen LogP contribution in [0.5, 0.6) is 5.75 Å². The standard InChI is InChI=1S/C19H21FN2O3/c1-25-19(24)18(16-4-2-3-5-17(16)20)22-12-10-21(11-13-22)14-6-8-15(23)9-7-14/h2-9,18,23H,10-13H2,1H3. The summed E-state index contributed by atoms with van der Waals surface area (Å²) >= 11 is 0. The number of carbonyl (C=O) groups is 1. The number of rotatable bonds is 4. The van der Waals surface area contributed by atoms with Crippen molar-refractivity contribution in [2.24, 2.45) is 0 Å². The van der Waals surface area contributed by atoms with Crippen LogP contribution in [0.4, 0.5) is 10.1 Å². The zero-order valence-electron chi connectivity index (χ0n) is 14.1. The molecular formula is C19H21FN2O3. The molecule has 0 bridgehead atoms. The number of aromatic hydroxyl groups is 1. The van der Waals surface area contributed by atoms with Crippen LogP contribution in [-0.2, 0) is 9.53 Å². The Morgan fingerprint density at radius 3 is 2.32 bits per heavy atom. The predicted molar refractivity (Wildman–Crippen MR) is 93.0 cm³/mol. The van der Waals surface area contributed by atoms with Crippen LogP contribution in [0.3, 0.4) is 0 Å². The lowest BCUT2D eigenvalue weighted by Gasteiger charge is -2.39. The summed E-state index contributed by atoms with van der Waals surface area (Å²) in [6.45, 7) is 2.61. The summed E-state index contributed by atoms with van der Waals surface area (Å²) in [7, 11) is 1.32. The average molecular weight is 344 g/mol. The Bertz CT molecular complexity index is 728. The molecule has 0 aliphatic carbocycles. The highest BCUT2D eigenvalue weighted by molar-refractivity contribution is 5.77. The van der Waals surface area contributed by atoms with E-state index >= 15 is 0 Å². The van der Waals surface area contributed by atoms with E-state index in [2.05, 4.69) is 4.90 Å². The van der Waals surface area contributed by atoms with Crippen molar-refractivity contribution in [3.63, 3.8) is 0 Å². The minimum atomic E-state index is -0.742. The van der Waals surface area contributed by atoms with Crippen molar-refractivity contribution in [2.45, 2.75) is 6.04 Å². The molecule has 5 nitrogen and oxygen atoms in total. The van der Waals surface area contributed by atoms with E-state index in [4.69, 9.17) is 4.74 Å². The first-order chi connectivity index (χ1) is 12.1. The number of benzene rings is 2. The van der Waals surface area contributed by atoms with Gasteiger partial charge in [0, 0.05) is 37.4 Å². The van der Waals surface area contributed by atoms with E-state index in [0.717, 1.165) is 5.69 Å². The molecule has 2 aromatic carbocycles. The maximum absolute atomic E-state index is 14.2. The first kappa shape index (κ1) is 17.2. The van der Waals surface area contributed by atoms with Gasteiger partial charge in [-0.3, -0.25) is 4.90 Å². The summed E-state index contributed by atoms with van der Waals surface area (Å²) in [5.41, 5.74) is 1.35. The number of ether oxygens (including phenoxy) is 1. The van der Waals surface area contributed by atoms with Crippen LogP contribution in [-0.4, -0.2) is 49.3 Å². The molecule has 132 valence electrons. The first-order valence-electron chi connectivity index (χ1n) is 8.20. The third-order valence-electron chi connectivity index (χ3n) is 4.52. The van der Waals surface area contributed by atoms with E-state index in [-0.39, 0.29) is 5.75 Å². The minimum absolute atomic E-state index is 0.229. The van der Waals surface area contributed by atoms with Crippen molar-refractivity contribution in [1.29, 1.82) is 0 Å². The number of esters is 1. The SMILES string of the molecule is COC(=O)C(c1ccccc1F)N1CCN(c2ccc(O)cc2)CC1. The molecule has 3 rings (SSSR count). The van der Waals surface area contributed by atoms with Gasteiger partial charge in [0.2, 0.25) is 0 Å². The summed E-state index contributed by atoms with van der Waals surface area (Å²) in [6.07, 6.45) is 0. The fraction of sp³-hybridized carbons (Fsp3) is 0.316. The molecule has 25 heavy (non-hydrogen) atoms. The van der Waals surface area contributed by atoms with E-state index in [0.29, 0.717) is 31.7 Å². The third kappa shape index (κ3) is 3.74. The van der Waals surface area contributed by atoms with Gasteiger partial charge in [0.05, 0.1) is 7.11 Å². The van der Waals surface area contributed by atoms with Crippen molar-refractivity contribution in [2.75, 3.05) is 38.2 Å². The molecule has 1 aliphatic heterocycles. The van der Waals surface area contributed by atoms with Gasteiger partial charge in [0.1, 0.15) is 17.6 Å². The van der Waals surface area contributed by atoms with Crippen LogP contribution in [0, 0.1) is 5.82 Å². The number of nitrogens with zero attached hydrogens (tertiary/aromatic N) is 2. The van der Waals surface area contributed by atoms with E-state index in [1.165, 1.54) is 13.2 Å².